The van der Waals surface area contributed by atoms with Crippen LogP contribution in [-0.4, -0.2) is 4.98 Å². The molecule has 0 saturated heterocycles. The number of pyridine rings is 1. The van der Waals surface area contributed by atoms with Crippen LogP contribution < -0.4 is 5.73 Å². The van der Waals surface area contributed by atoms with Crippen LogP contribution in [0.4, 0.5) is 0 Å². The molecule has 2 rings (SSSR count). The molecule has 0 radical (unpaired) electrons. The van der Waals surface area contributed by atoms with Gasteiger partial charge in [0.25, 0.3) is 0 Å². The van der Waals surface area contributed by atoms with Crippen molar-refractivity contribution in [2.24, 2.45) is 5.73 Å². The number of halogens is 1. The summed E-state index contributed by atoms with van der Waals surface area (Å²) in [5.74, 6) is 0. The van der Waals surface area contributed by atoms with Gasteiger partial charge < -0.3 is 10.2 Å². The Morgan fingerprint density at radius 1 is 1.50 bits per heavy atom. The van der Waals surface area contributed by atoms with E-state index in [1.165, 1.54) is 0 Å². The third-order valence-electron chi connectivity index (χ3n) is 1.63. The topological polar surface area (TPSA) is 52.0 Å². The van der Waals surface area contributed by atoms with Crippen molar-refractivity contribution in [3.05, 3.63) is 28.6 Å². The van der Waals surface area contributed by atoms with E-state index in [2.05, 4.69) is 20.9 Å². The molecule has 0 unspecified atom stereocenters. The molecule has 0 spiro atoms. The van der Waals surface area contributed by atoms with E-state index in [-0.39, 0.29) is 0 Å². The molecule has 0 aliphatic rings. The summed E-state index contributed by atoms with van der Waals surface area (Å²) < 4.78 is 5.93. The fourth-order valence-electron chi connectivity index (χ4n) is 1.06. The second kappa shape index (κ2) is 2.88. The Morgan fingerprint density at radius 3 is 3.08 bits per heavy atom. The zero-order chi connectivity index (χ0) is 8.55. The van der Waals surface area contributed by atoms with E-state index in [4.69, 9.17) is 10.2 Å². The predicted octanol–water partition coefficient (Wildman–Crippen LogP) is 2.05. The second-order valence-corrected chi connectivity index (χ2v) is 3.27. The maximum absolute atomic E-state index is 5.47. The van der Waals surface area contributed by atoms with E-state index in [9.17, 15) is 0 Å². The Morgan fingerprint density at radius 2 is 2.33 bits per heavy atom. The second-order valence-electron chi connectivity index (χ2n) is 2.49. The molecule has 0 bridgehead atoms. The lowest BCUT2D eigenvalue weighted by Gasteiger charge is -1.92. The number of hydrogen-bond acceptors (Lipinski definition) is 3. The number of aromatic nitrogens is 1. The zero-order valence-corrected chi connectivity index (χ0v) is 7.84. The molecule has 0 fully saturated rings. The van der Waals surface area contributed by atoms with Crippen molar-refractivity contribution in [1.82, 2.24) is 4.98 Å². The lowest BCUT2D eigenvalue weighted by Crippen LogP contribution is -1.95. The van der Waals surface area contributed by atoms with E-state index >= 15 is 0 Å². The van der Waals surface area contributed by atoms with E-state index in [1.54, 1.807) is 6.20 Å². The monoisotopic (exact) mass is 226 g/mol. The number of nitrogens with two attached hydrogens (primary N) is 1. The lowest BCUT2D eigenvalue weighted by molar-refractivity contribution is 0.575. The van der Waals surface area contributed by atoms with Gasteiger partial charge in [0.15, 0.2) is 4.67 Å². The van der Waals surface area contributed by atoms with Gasteiger partial charge in [-0.1, -0.05) is 0 Å². The van der Waals surface area contributed by atoms with Crippen LogP contribution in [0.25, 0.3) is 11.1 Å². The fourth-order valence-corrected chi connectivity index (χ4v) is 1.46. The molecule has 2 heterocycles. The number of nitrogens with zero attached hydrogens (tertiary/aromatic N) is 1. The molecule has 0 aromatic carbocycles. The Labute approximate surface area is 77.7 Å². The summed E-state index contributed by atoms with van der Waals surface area (Å²) in [6.45, 7) is 0.506. The Balaban J connectivity index is 2.66. The molecule has 3 nitrogen and oxygen atoms in total. The van der Waals surface area contributed by atoms with Crippen LogP contribution in [0.15, 0.2) is 27.4 Å². The van der Waals surface area contributed by atoms with E-state index in [0.717, 1.165) is 10.9 Å². The highest BCUT2D eigenvalue weighted by molar-refractivity contribution is 9.10. The number of hydrogen-bond donors (Lipinski definition) is 1. The molecule has 2 N–H and O–H groups in total. The highest BCUT2D eigenvalue weighted by Gasteiger charge is 2.02. The first-order valence-corrected chi connectivity index (χ1v) is 4.33. The van der Waals surface area contributed by atoms with Gasteiger partial charge in [-0.15, -0.1) is 0 Å². The first-order valence-electron chi connectivity index (χ1n) is 3.53. The Kier molecular flexibility index (Phi) is 1.86. The summed E-state index contributed by atoms with van der Waals surface area (Å²) in [4.78, 5) is 4.10. The zero-order valence-electron chi connectivity index (χ0n) is 6.25. The van der Waals surface area contributed by atoms with Crippen LogP contribution in [-0.2, 0) is 6.54 Å². The van der Waals surface area contributed by atoms with Crippen molar-refractivity contribution in [2.45, 2.75) is 6.54 Å². The Hall–Kier alpha value is -0.870. The molecular weight excluding hydrogens is 220 g/mol. The van der Waals surface area contributed by atoms with Gasteiger partial charge in [0.1, 0.15) is 0 Å². The normalized spacial score (nSPS) is 10.8. The summed E-state index contributed by atoms with van der Waals surface area (Å²) in [6, 6.07) is 3.85. The molecule has 0 atom stereocenters. The van der Waals surface area contributed by atoms with Crippen LogP contribution in [0.3, 0.4) is 0 Å². The van der Waals surface area contributed by atoms with Crippen LogP contribution in [0.1, 0.15) is 5.56 Å². The van der Waals surface area contributed by atoms with Gasteiger partial charge in [-0.25, -0.2) is 4.98 Å². The number of rotatable bonds is 1. The third kappa shape index (κ3) is 1.23. The minimum absolute atomic E-state index is 0.506. The van der Waals surface area contributed by atoms with Gasteiger partial charge >= 0.3 is 0 Å². The quantitative estimate of drug-likeness (QED) is 0.810. The van der Waals surface area contributed by atoms with Crippen molar-refractivity contribution >= 4 is 27.0 Å². The fraction of sp³-hybridized carbons (Fsp3) is 0.125. The predicted molar refractivity (Wildman–Crippen MR) is 49.6 cm³/mol. The first-order chi connectivity index (χ1) is 5.79. The van der Waals surface area contributed by atoms with Crippen LogP contribution >= 0.6 is 15.9 Å². The van der Waals surface area contributed by atoms with Gasteiger partial charge in [0, 0.05) is 24.2 Å². The van der Waals surface area contributed by atoms with Gasteiger partial charge in [0.2, 0.25) is 5.71 Å². The Bertz CT molecular complexity index is 410. The maximum Gasteiger partial charge on any atom is 0.227 e. The molecule has 12 heavy (non-hydrogen) atoms. The van der Waals surface area contributed by atoms with Gasteiger partial charge in [-0.2, -0.15) is 0 Å². The number of fused-ring (bicyclic) bond motifs is 1. The van der Waals surface area contributed by atoms with Crippen LogP contribution in [0, 0.1) is 0 Å². The van der Waals surface area contributed by atoms with Gasteiger partial charge in [-0.3, -0.25) is 0 Å². The average Bonchev–Trinajstić information content (AvgIpc) is 2.43. The van der Waals surface area contributed by atoms with Crippen LogP contribution in [0.5, 0.6) is 0 Å². The molecule has 0 amide bonds. The van der Waals surface area contributed by atoms with Gasteiger partial charge in [-0.05, 0) is 27.6 Å². The van der Waals surface area contributed by atoms with E-state index in [1.807, 2.05) is 12.1 Å². The minimum atomic E-state index is 0.506. The van der Waals surface area contributed by atoms with Gasteiger partial charge in [0.05, 0.1) is 0 Å². The summed E-state index contributed by atoms with van der Waals surface area (Å²) in [5.41, 5.74) is 7.11. The van der Waals surface area contributed by atoms with Crippen molar-refractivity contribution in [3.8, 4) is 0 Å². The molecule has 4 heteroatoms. The lowest BCUT2D eigenvalue weighted by atomic mass is 10.2. The smallest absolute Gasteiger partial charge is 0.227 e. The van der Waals surface area contributed by atoms with Crippen molar-refractivity contribution < 1.29 is 4.42 Å². The molecule has 2 aromatic rings. The van der Waals surface area contributed by atoms with Crippen molar-refractivity contribution in [2.75, 3.05) is 0 Å². The standard InChI is InChI=1S/C8H7BrN2O/c9-7-2-6-1-5(3-10)4-11-8(6)12-7/h1-2,4H,3,10H2. The molecule has 0 aliphatic heterocycles. The highest BCUT2D eigenvalue weighted by atomic mass is 79.9. The van der Waals surface area contributed by atoms with Crippen molar-refractivity contribution in [3.63, 3.8) is 0 Å². The minimum Gasteiger partial charge on any atom is -0.431 e. The summed E-state index contributed by atoms with van der Waals surface area (Å²) in [6.07, 6.45) is 1.72. The summed E-state index contributed by atoms with van der Waals surface area (Å²) >= 11 is 3.23. The maximum atomic E-state index is 5.47. The third-order valence-corrected chi connectivity index (χ3v) is 2.03. The van der Waals surface area contributed by atoms with Crippen molar-refractivity contribution in [1.29, 1.82) is 0 Å². The molecule has 62 valence electrons. The SMILES string of the molecule is NCc1cnc2oc(Br)cc2c1. The molecular formula is C8H7BrN2O. The molecule has 0 saturated carbocycles. The molecule has 2 aromatic heterocycles. The average molecular weight is 227 g/mol. The summed E-state index contributed by atoms with van der Waals surface area (Å²) in [7, 11) is 0. The first kappa shape index (κ1) is 7.76. The number of furan rings is 1. The van der Waals surface area contributed by atoms with E-state index in [0.29, 0.717) is 16.9 Å². The summed E-state index contributed by atoms with van der Waals surface area (Å²) in [5, 5.41) is 0.977. The highest BCUT2D eigenvalue weighted by Crippen LogP contribution is 2.21. The molecule has 0 aliphatic carbocycles. The van der Waals surface area contributed by atoms with E-state index < -0.39 is 0 Å². The van der Waals surface area contributed by atoms with Crippen LogP contribution in [0.2, 0.25) is 0 Å². The largest absolute Gasteiger partial charge is 0.431 e.